The van der Waals surface area contributed by atoms with Gasteiger partial charge < -0.3 is 4.90 Å². The Kier molecular flexibility index (Phi) is 4.60. The van der Waals surface area contributed by atoms with Crippen LogP contribution in [0.15, 0.2) is 12.1 Å². The molecule has 0 amide bonds. The topological polar surface area (TPSA) is 3.24 Å². The Bertz CT molecular complexity index is 455. The fraction of sp³-hybridized carbons (Fsp3) is 0.467. The highest BCUT2D eigenvalue weighted by Gasteiger charge is 2.03. The van der Waals surface area contributed by atoms with Crippen molar-refractivity contribution in [2.45, 2.75) is 33.6 Å². The van der Waals surface area contributed by atoms with E-state index in [0.717, 1.165) is 0 Å². The Hall–Kier alpha value is -1.24. The summed E-state index contributed by atoms with van der Waals surface area (Å²) in [5, 5.41) is 2.85. The monoisotopic (exact) mass is 217 g/mol. The van der Waals surface area contributed by atoms with Crippen LogP contribution in [0.25, 0.3) is 12.2 Å². The first kappa shape index (κ1) is 12.8. The second-order valence-electron chi connectivity index (χ2n) is 4.11. The first-order valence-corrected chi connectivity index (χ1v) is 6.17. The number of nitrogens with zero attached hydrogens (tertiary/aromatic N) is 1. The van der Waals surface area contributed by atoms with Crippen molar-refractivity contribution < 1.29 is 0 Å². The SMILES string of the molecule is CC.Cc1ccc(N(C)C)c2c1=CCCC=2. The number of benzene rings is 1. The predicted molar refractivity (Wildman–Crippen MR) is 74.3 cm³/mol. The summed E-state index contributed by atoms with van der Waals surface area (Å²) >= 11 is 0. The molecule has 0 unspecified atom stereocenters. The van der Waals surface area contributed by atoms with E-state index in [0.29, 0.717) is 0 Å². The average Bonchev–Trinajstić information content (AvgIpc) is 2.32. The maximum atomic E-state index is 2.36. The number of anilines is 1. The summed E-state index contributed by atoms with van der Waals surface area (Å²) in [6.07, 6.45) is 7.08. The maximum absolute atomic E-state index is 2.36. The fourth-order valence-corrected chi connectivity index (χ4v) is 2.06. The van der Waals surface area contributed by atoms with Crippen LogP contribution in [0.1, 0.15) is 32.3 Å². The number of hydrogen-bond acceptors (Lipinski definition) is 1. The molecule has 1 heteroatoms. The summed E-state index contributed by atoms with van der Waals surface area (Å²) in [5.41, 5.74) is 2.73. The molecule has 0 aromatic heterocycles. The summed E-state index contributed by atoms with van der Waals surface area (Å²) in [4.78, 5) is 2.19. The smallest absolute Gasteiger partial charge is 0.0437 e. The second kappa shape index (κ2) is 5.74. The predicted octanol–water partition coefficient (Wildman–Crippen LogP) is 2.44. The van der Waals surface area contributed by atoms with Crippen LogP contribution < -0.4 is 15.3 Å². The summed E-state index contributed by atoms with van der Waals surface area (Å²) in [7, 11) is 4.21. The molecule has 88 valence electrons. The zero-order valence-electron chi connectivity index (χ0n) is 11.2. The molecule has 0 atom stereocenters. The van der Waals surface area contributed by atoms with Crippen LogP contribution in [0.3, 0.4) is 0 Å². The van der Waals surface area contributed by atoms with Crippen molar-refractivity contribution in [2.24, 2.45) is 0 Å². The molecule has 1 aliphatic rings. The number of aryl methyl sites for hydroxylation is 1. The van der Waals surface area contributed by atoms with Gasteiger partial charge in [0.2, 0.25) is 0 Å². The van der Waals surface area contributed by atoms with Gasteiger partial charge in [-0.2, -0.15) is 0 Å². The molecule has 0 saturated carbocycles. The van der Waals surface area contributed by atoms with Crippen LogP contribution in [0, 0.1) is 6.92 Å². The molecule has 1 aromatic rings. The van der Waals surface area contributed by atoms with Gasteiger partial charge in [0.15, 0.2) is 0 Å². The molecule has 0 N–H and O–H groups in total. The van der Waals surface area contributed by atoms with Crippen LogP contribution in [0.2, 0.25) is 0 Å². The lowest BCUT2D eigenvalue weighted by atomic mass is 10.0. The lowest BCUT2D eigenvalue weighted by molar-refractivity contribution is 1.07. The van der Waals surface area contributed by atoms with Crippen LogP contribution in [0.5, 0.6) is 0 Å². The second-order valence-corrected chi connectivity index (χ2v) is 4.11. The van der Waals surface area contributed by atoms with Crippen LogP contribution in [-0.2, 0) is 0 Å². The van der Waals surface area contributed by atoms with E-state index in [1.807, 2.05) is 13.8 Å². The normalized spacial score (nSPS) is 12.6. The van der Waals surface area contributed by atoms with E-state index in [1.165, 1.54) is 34.5 Å². The van der Waals surface area contributed by atoms with Crippen molar-refractivity contribution in [3.63, 3.8) is 0 Å². The standard InChI is InChI=1S/C13H17N.C2H6/c1-10-8-9-13(14(2)3)12-7-5-4-6-11(10)12;1-2/h6-9H,4-5H2,1-3H3;1-2H3. The largest absolute Gasteiger partial charge is 0.377 e. The molecule has 0 heterocycles. The molecule has 0 saturated heterocycles. The Balaban J connectivity index is 0.000000606. The zero-order valence-corrected chi connectivity index (χ0v) is 11.2. The summed E-state index contributed by atoms with van der Waals surface area (Å²) in [6, 6.07) is 4.42. The molecular formula is C15H23N. The van der Waals surface area contributed by atoms with Crippen molar-refractivity contribution in [3.8, 4) is 0 Å². The Labute approximate surface area is 99.1 Å². The molecule has 0 fully saturated rings. The number of hydrogen-bond donors (Lipinski definition) is 0. The van der Waals surface area contributed by atoms with Gasteiger partial charge in [-0.3, -0.25) is 0 Å². The van der Waals surface area contributed by atoms with Gasteiger partial charge in [-0.15, -0.1) is 0 Å². The van der Waals surface area contributed by atoms with Gasteiger partial charge in [-0.1, -0.05) is 32.1 Å². The minimum atomic E-state index is 1.18. The van der Waals surface area contributed by atoms with Crippen molar-refractivity contribution in [3.05, 3.63) is 28.1 Å². The van der Waals surface area contributed by atoms with Gasteiger partial charge in [0.05, 0.1) is 0 Å². The van der Waals surface area contributed by atoms with E-state index in [-0.39, 0.29) is 0 Å². The highest BCUT2D eigenvalue weighted by Crippen LogP contribution is 2.06. The molecule has 1 aromatic carbocycles. The Morgan fingerprint density at radius 2 is 1.50 bits per heavy atom. The summed E-state index contributed by atoms with van der Waals surface area (Å²) in [6.45, 7) is 6.19. The number of rotatable bonds is 1. The van der Waals surface area contributed by atoms with Gasteiger partial charge in [-0.25, -0.2) is 0 Å². The minimum Gasteiger partial charge on any atom is -0.377 e. The van der Waals surface area contributed by atoms with E-state index in [1.54, 1.807) is 0 Å². The molecular weight excluding hydrogens is 194 g/mol. The van der Waals surface area contributed by atoms with E-state index in [2.05, 4.69) is 50.2 Å². The van der Waals surface area contributed by atoms with E-state index >= 15 is 0 Å². The highest BCUT2D eigenvalue weighted by molar-refractivity contribution is 5.56. The molecule has 0 spiro atoms. The lowest BCUT2D eigenvalue weighted by Crippen LogP contribution is -2.34. The average molecular weight is 217 g/mol. The van der Waals surface area contributed by atoms with Crippen LogP contribution in [0.4, 0.5) is 5.69 Å². The van der Waals surface area contributed by atoms with Crippen molar-refractivity contribution in [1.82, 2.24) is 0 Å². The highest BCUT2D eigenvalue weighted by atomic mass is 15.1. The molecule has 0 radical (unpaired) electrons. The van der Waals surface area contributed by atoms with E-state index < -0.39 is 0 Å². The van der Waals surface area contributed by atoms with Gasteiger partial charge in [-0.05, 0) is 36.6 Å². The fourth-order valence-electron chi connectivity index (χ4n) is 2.06. The Morgan fingerprint density at radius 1 is 0.938 bits per heavy atom. The van der Waals surface area contributed by atoms with Gasteiger partial charge >= 0.3 is 0 Å². The quantitative estimate of drug-likeness (QED) is 0.698. The van der Waals surface area contributed by atoms with E-state index in [9.17, 15) is 0 Å². The molecule has 0 aliphatic heterocycles. The van der Waals surface area contributed by atoms with Crippen molar-refractivity contribution in [1.29, 1.82) is 0 Å². The zero-order chi connectivity index (χ0) is 12.1. The van der Waals surface area contributed by atoms with E-state index in [4.69, 9.17) is 0 Å². The first-order valence-electron chi connectivity index (χ1n) is 6.17. The third kappa shape index (κ3) is 2.46. The third-order valence-electron chi connectivity index (χ3n) is 2.83. The summed E-state index contributed by atoms with van der Waals surface area (Å²) < 4.78 is 0. The van der Waals surface area contributed by atoms with Gasteiger partial charge in [0.1, 0.15) is 0 Å². The third-order valence-corrected chi connectivity index (χ3v) is 2.83. The number of fused-ring (bicyclic) bond motifs is 1. The Morgan fingerprint density at radius 3 is 2.06 bits per heavy atom. The van der Waals surface area contributed by atoms with Crippen LogP contribution in [-0.4, -0.2) is 14.1 Å². The van der Waals surface area contributed by atoms with Crippen molar-refractivity contribution >= 4 is 17.8 Å². The summed E-state index contributed by atoms with van der Waals surface area (Å²) in [5.74, 6) is 0. The molecule has 1 nitrogen and oxygen atoms in total. The molecule has 1 aliphatic carbocycles. The maximum Gasteiger partial charge on any atom is 0.0437 e. The molecule has 16 heavy (non-hydrogen) atoms. The molecule has 2 rings (SSSR count). The molecule has 0 bridgehead atoms. The first-order chi connectivity index (χ1) is 7.70. The van der Waals surface area contributed by atoms with Crippen molar-refractivity contribution in [2.75, 3.05) is 19.0 Å². The van der Waals surface area contributed by atoms with Crippen LogP contribution >= 0.6 is 0 Å². The minimum absolute atomic E-state index is 1.18. The van der Waals surface area contributed by atoms with Gasteiger partial charge in [0.25, 0.3) is 0 Å². The lowest BCUT2D eigenvalue weighted by Gasteiger charge is -2.16. The van der Waals surface area contributed by atoms with Gasteiger partial charge in [0, 0.05) is 25.0 Å².